The minimum Gasteiger partial charge on any atom is -0.387 e. The number of carbonyl (C=O) groups excluding carboxylic acids is 1. The quantitative estimate of drug-likeness (QED) is 0.802. The van der Waals surface area contributed by atoms with E-state index in [0.717, 1.165) is 5.56 Å². The molecule has 0 aliphatic rings. The molecule has 0 unspecified atom stereocenters. The fraction of sp³-hybridized carbons (Fsp3) is 0.211. The number of benzene rings is 2. The second kappa shape index (κ2) is 7.57. The van der Waals surface area contributed by atoms with Gasteiger partial charge in [0.05, 0.1) is 18.1 Å². The molecule has 0 saturated carbocycles. The van der Waals surface area contributed by atoms with E-state index in [1.807, 2.05) is 55.5 Å². The van der Waals surface area contributed by atoms with Gasteiger partial charge >= 0.3 is 0 Å². The minimum absolute atomic E-state index is 0.126. The number of aliphatic hydroxyl groups is 1. The molecule has 0 fully saturated rings. The Balaban J connectivity index is 2.08. The van der Waals surface area contributed by atoms with Crippen molar-refractivity contribution in [1.29, 1.82) is 0 Å². The topological polar surface area (TPSA) is 49.3 Å². The third-order valence-corrected chi connectivity index (χ3v) is 3.70. The van der Waals surface area contributed by atoms with Crippen LogP contribution >= 0.6 is 0 Å². The normalized spacial score (nSPS) is 14.6. The number of rotatable bonds is 6. The fourth-order valence-corrected chi connectivity index (χ4v) is 2.37. The van der Waals surface area contributed by atoms with Crippen molar-refractivity contribution in [2.45, 2.75) is 19.1 Å². The Morgan fingerprint density at radius 2 is 1.55 bits per heavy atom. The molecular formula is C19H21NO2. The molecule has 2 aromatic rings. The zero-order chi connectivity index (χ0) is 15.9. The highest BCUT2D eigenvalue weighted by Crippen LogP contribution is 2.24. The molecule has 0 aromatic heterocycles. The molecule has 22 heavy (non-hydrogen) atoms. The first-order chi connectivity index (χ1) is 10.6. The highest BCUT2D eigenvalue weighted by Gasteiger charge is 2.26. The van der Waals surface area contributed by atoms with Crippen LogP contribution in [0.3, 0.4) is 0 Å². The average molecular weight is 295 g/mol. The predicted octanol–water partition coefficient (Wildman–Crippen LogP) is 3.40. The fourth-order valence-electron chi connectivity index (χ4n) is 2.37. The van der Waals surface area contributed by atoms with E-state index < -0.39 is 12.0 Å². The summed E-state index contributed by atoms with van der Waals surface area (Å²) in [5.41, 5.74) is 1.72. The first kappa shape index (κ1) is 16.0. The largest absolute Gasteiger partial charge is 0.387 e. The molecule has 2 rings (SSSR count). The summed E-state index contributed by atoms with van der Waals surface area (Å²) in [4.78, 5) is 12.4. The first-order valence-electron chi connectivity index (χ1n) is 7.34. The van der Waals surface area contributed by atoms with E-state index >= 15 is 0 Å². The summed E-state index contributed by atoms with van der Waals surface area (Å²) in [6.07, 6.45) is 0.590. The summed E-state index contributed by atoms with van der Waals surface area (Å²) in [5.74, 6) is -0.920. The van der Waals surface area contributed by atoms with Crippen LogP contribution in [0.25, 0.3) is 0 Å². The molecular weight excluding hydrogens is 274 g/mol. The Labute approximate surface area is 131 Å². The molecule has 0 saturated heterocycles. The number of amides is 1. The SMILES string of the molecule is C=C[C@@H](C(=O)N[C@@H](C)c1ccccc1)[C@@H](O)c1ccccc1. The Morgan fingerprint density at radius 3 is 2.05 bits per heavy atom. The van der Waals surface area contributed by atoms with Gasteiger partial charge in [0.25, 0.3) is 0 Å². The zero-order valence-electron chi connectivity index (χ0n) is 12.6. The van der Waals surface area contributed by atoms with Gasteiger partial charge in [-0.1, -0.05) is 66.7 Å². The van der Waals surface area contributed by atoms with E-state index in [1.54, 1.807) is 12.1 Å². The van der Waals surface area contributed by atoms with Gasteiger partial charge in [0.2, 0.25) is 5.91 Å². The lowest BCUT2D eigenvalue weighted by atomic mass is 9.94. The minimum atomic E-state index is -0.901. The van der Waals surface area contributed by atoms with Gasteiger partial charge in [0.1, 0.15) is 0 Å². The highest BCUT2D eigenvalue weighted by molar-refractivity contribution is 5.81. The summed E-state index contributed by atoms with van der Waals surface area (Å²) < 4.78 is 0. The van der Waals surface area contributed by atoms with Gasteiger partial charge in [-0.05, 0) is 18.1 Å². The first-order valence-corrected chi connectivity index (χ1v) is 7.34. The van der Waals surface area contributed by atoms with Crippen LogP contribution in [0.1, 0.15) is 30.2 Å². The summed E-state index contributed by atoms with van der Waals surface area (Å²) in [6, 6.07) is 18.7. The molecule has 3 atom stereocenters. The van der Waals surface area contributed by atoms with Crippen molar-refractivity contribution in [1.82, 2.24) is 5.32 Å². The number of carbonyl (C=O) groups is 1. The molecule has 0 radical (unpaired) electrons. The van der Waals surface area contributed by atoms with Crippen molar-refractivity contribution < 1.29 is 9.90 Å². The summed E-state index contributed by atoms with van der Waals surface area (Å²) >= 11 is 0. The molecule has 3 heteroatoms. The van der Waals surface area contributed by atoms with E-state index in [9.17, 15) is 9.90 Å². The van der Waals surface area contributed by atoms with Crippen LogP contribution in [0.5, 0.6) is 0 Å². The van der Waals surface area contributed by atoms with Crippen LogP contribution in [0, 0.1) is 5.92 Å². The van der Waals surface area contributed by atoms with Gasteiger partial charge in [0.15, 0.2) is 0 Å². The predicted molar refractivity (Wildman–Crippen MR) is 88.1 cm³/mol. The average Bonchev–Trinajstić information content (AvgIpc) is 2.57. The molecule has 3 nitrogen and oxygen atoms in total. The van der Waals surface area contributed by atoms with Crippen LogP contribution in [0.2, 0.25) is 0 Å². The summed E-state index contributed by atoms with van der Waals surface area (Å²) in [7, 11) is 0. The Kier molecular flexibility index (Phi) is 5.50. The maximum atomic E-state index is 12.4. The smallest absolute Gasteiger partial charge is 0.230 e. The van der Waals surface area contributed by atoms with Crippen molar-refractivity contribution in [3.8, 4) is 0 Å². The number of hydrogen-bond donors (Lipinski definition) is 2. The Hall–Kier alpha value is -2.39. The van der Waals surface area contributed by atoms with Gasteiger partial charge in [-0.25, -0.2) is 0 Å². The van der Waals surface area contributed by atoms with Gasteiger partial charge in [-0.15, -0.1) is 6.58 Å². The maximum Gasteiger partial charge on any atom is 0.230 e. The Morgan fingerprint density at radius 1 is 1.05 bits per heavy atom. The van der Waals surface area contributed by atoms with Crippen molar-refractivity contribution in [3.63, 3.8) is 0 Å². The lowest BCUT2D eigenvalue weighted by Gasteiger charge is -2.22. The number of nitrogens with one attached hydrogen (secondary N) is 1. The summed E-state index contributed by atoms with van der Waals surface area (Å²) in [5, 5.41) is 13.3. The van der Waals surface area contributed by atoms with Crippen molar-refractivity contribution in [2.75, 3.05) is 0 Å². The molecule has 0 spiro atoms. The zero-order valence-corrected chi connectivity index (χ0v) is 12.6. The maximum absolute atomic E-state index is 12.4. The third kappa shape index (κ3) is 3.83. The van der Waals surface area contributed by atoms with Crippen LogP contribution in [-0.2, 0) is 4.79 Å². The number of hydrogen-bond acceptors (Lipinski definition) is 2. The van der Waals surface area contributed by atoms with Gasteiger partial charge in [-0.2, -0.15) is 0 Å². The molecule has 2 N–H and O–H groups in total. The monoisotopic (exact) mass is 295 g/mol. The van der Waals surface area contributed by atoms with Crippen LogP contribution in [0.4, 0.5) is 0 Å². The van der Waals surface area contributed by atoms with Crippen LogP contribution < -0.4 is 5.32 Å². The molecule has 0 aliphatic heterocycles. The summed E-state index contributed by atoms with van der Waals surface area (Å²) in [6.45, 7) is 5.61. The lowest BCUT2D eigenvalue weighted by molar-refractivity contribution is -0.127. The standard InChI is InChI=1S/C19H21NO2/c1-3-17(18(21)16-12-8-5-9-13-16)19(22)20-14(2)15-10-6-4-7-11-15/h3-14,17-18,21H,1H2,2H3,(H,20,22)/t14-,17+,18-/m0/s1. The Bertz CT molecular complexity index is 610. The van der Waals surface area contributed by atoms with E-state index in [0.29, 0.717) is 5.56 Å². The molecule has 0 heterocycles. The highest BCUT2D eigenvalue weighted by atomic mass is 16.3. The van der Waals surface area contributed by atoms with Crippen molar-refractivity contribution >= 4 is 5.91 Å². The van der Waals surface area contributed by atoms with E-state index in [4.69, 9.17) is 0 Å². The van der Waals surface area contributed by atoms with Gasteiger partial charge in [-0.3, -0.25) is 4.79 Å². The van der Waals surface area contributed by atoms with Gasteiger partial charge < -0.3 is 10.4 Å². The lowest BCUT2D eigenvalue weighted by Crippen LogP contribution is -2.34. The van der Waals surface area contributed by atoms with Gasteiger partial charge in [0, 0.05) is 0 Å². The third-order valence-electron chi connectivity index (χ3n) is 3.70. The van der Waals surface area contributed by atoms with Crippen molar-refractivity contribution in [3.05, 3.63) is 84.4 Å². The van der Waals surface area contributed by atoms with Crippen molar-refractivity contribution in [2.24, 2.45) is 5.92 Å². The second-order valence-electron chi connectivity index (χ2n) is 5.26. The van der Waals surface area contributed by atoms with E-state index in [1.165, 1.54) is 6.08 Å². The molecule has 0 bridgehead atoms. The molecule has 0 aliphatic carbocycles. The van der Waals surface area contributed by atoms with Crippen LogP contribution in [-0.4, -0.2) is 11.0 Å². The van der Waals surface area contributed by atoms with E-state index in [-0.39, 0.29) is 11.9 Å². The molecule has 1 amide bonds. The van der Waals surface area contributed by atoms with Crippen LogP contribution in [0.15, 0.2) is 73.3 Å². The second-order valence-corrected chi connectivity index (χ2v) is 5.26. The molecule has 2 aromatic carbocycles. The van der Waals surface area contributed by atoms with E-state index in [2.05, 4.69) is 11.9 Å². The molecule has 114 valence electrons. The number of aliphatic hydroxyl groups excluding tert-OH is 1.